The summed E-state index contributed by atoms with van der Waals surface area (Å²) in [6.07, 6.45) is 23.1. The molecule has 0 radical (unpaired) electrons. The van der Waals surface area contributed by atoms with Gasteiger partial charge in [-0.1, -0.05) is 111 Å². The Morgan fingerprint density at radius 2 is 0.853 bits per heavy atom. The molecule has 0 saturated carbocycles. The number of ether oxygens (including phenoxy) is 1. The first-order chi connectivity index (χ1) is 16.6. The van der Waals surface area contributed by atoms with E-state index in [2.05, 4.69) is 27.7 Å². The van der Waals surface area contributed by atoms with Gasteiger partial charge in [-0.3, -0.25) is 0 Å². The molecule has 34 heavy (non-hydrogen) atoms. The summed E-state index contributed by atoms with van der Waals surface area (Å²) in [5.41, 5.74) is 3.42. The lowest BCUT2D eigenvalue weighted by Gasteiger charge is -2.22. The van der Waals surface area contributed by atoms with E-state index in [-0.39, 0.29) is 11.5 Å². The van der Waals surface area contributed by atoms with Crippen LogP contribution in [0.2, 0.25) is 0 Å². The highest BCUT2D eigenvalue weighted by atomic mass is 16.5. The Morgan fingerprint density at radius 1 is 0.441 bits per heavy atom. The van der Waals surface area contributed by atoms with Crippen LogP contribution < -0.4 is 4.74 Å². The third-order valence-corrected chi connectivity index (χ3v) is 7.06. The second-order valence-corrected chi connectivity index (χ2v) is 10.2. The minimum atomic E-state index is -0.0168. The van der Waals surface area contributed by atoms with Crippen LogP contribution in [0.5, 0.6) is 17.2 Å². The zero-order valence-electron chi connectivity index (χ0n) is 23.2. The number of rotatable bonds is 22. The van der Waals surface area contributed by atoms with E-state index < -0.39 is 0 Å². The van der Waals surface area contributed by atoms with E-state index in [9.17, 15) is 10.2 Å². The van der Waals surface area contributed by atoms with Gasteiger partial charge in [0, 0.05) is 11.1 Å². The van der Waals surface area contributed by atoms with Crippen LogP contribution >= 0.6 is 0 Å². The van der Waals surface area contributed by atoms with Gasteiger partial charge in [0.05, 0.1) is 6.61 Å². The maximum absolute atomic E-state index is 11.0. The van der Waals surface area contributed by atoms with Crippen molar-refractivity contribution in [1.29, 1.82) is 0 Å². The summed E-state index contributed by atoms with van der Waals surface area (Å²) in [6, 6.07) is 0. The number of benzene rings is 1. The lowest BCUT2D eigenvalue weighted by molar-refractivity contribution is 0.278. The second-order valence-electron chi connectivity index (χ2n) is 10.2. The van der Waals surface area contributed by atoms with Crippen LogP contribution in [0.15, 0.2) is 0 Å². The van der Waals surface area contributed by atoms with Gasteiger partial charge in [0.25, 0.3) is 0 Å². The average molecular weight is 477 g/mol. The van der Waals surface area contributed by atoms with Gasteiger partial charge >= 0.3 is 0 Å². The van der Waals surface area contributed by atoms with Gasteiger partial charge in [0.1, 0.15) is 0 Å². The van der Waals surface area contributed by atoms with Crippen molar-refractivity contribution >= 4 is 0 Å². The lowest BCUT2D eigenvalue weighted by atomic mass is 9.88. The molecule has 0 heterocycles. The van der Waals surface area contributed by atoms with Crippen molar-refractivity contribution in [3.05, 3.63) is 16.7 Å². The molecule has 0 spiro atoms. The largest absolute Gasteiger partial charge is 0.504 e. The van der Waals surface area contributed by atoms with E-state index in [1.165, 1.54) is 81.8 Å². The van der Waals surface area contributed by atoms with E-state index in [0.29, 0.717) is 12.4 Å². The van der Waals surface area contributed by atoms with Crippen molar-refractivity contribution < 1.29 is 14.9 Å². The van der Waals surface area contributed by atoms with Crippen molar-refractivity contribution in [1.82, 2.24) is 0 Å². The molecule has 0 aliphatic heterocycles. The summed E-state index contributed by atoms with van der Waals surface area (Å²) in [6.45, 7) is 9.54. The minimum absolute atomic E-state index is 0.0168. The molecule has 1 aromatic carbocycles. The van der Waals surface area contributed by atoms with Crippen LogP contribution in [0.25, 0.3) is 0 Å². The Bertz CT molecular complexity index is 638. The molecule has 0 amide bonds. The highest BCUT2D eigenvalue weighted by molar-refractivity contribution is 5.62. The molecule has 198 valence electrons. The van der Waals surface area contributed by atoms with Gasteiger partial charge in [-0.05, 0) is 50.5 Å². The maximum atomic E-state index is 11.0. The number of phenolic OH excluding ortho intramolecular Hbond substituents is 2. The second kappa shape index (κ2) is 19.9. The molecule has 0 atom stereocenters. The normalized spacial score (nSPS) is 11.3. The summed E-state index contributed by atoms with van der Waals surface area (Å²) < 4.78 is 6.24. The number of hydrogen-bond acceptors (Lipinski definition) is 3. The molecular weight excluding hydrogens is 420 g/mol. The van der Waals surface area contributed by atoms with Crippen molar-refractivity contribution in [2.45, 2.75) is 156 Å². The first-order valence-corrected chi connectivity index (χ1v) is 14.8. The van der Waals surface area contributed by atoms with Gasteiger partial charge in [-0.15, -0.1) is 0 Å². The zero-order chi connectivity index (χ0) is 25.0. The molecule has 1 aromatic rings. The van der Waals surface area contributed by atoms with E-state index in [4.69, 9.17) is 4.74 Å². The summed E-state index contributed by atoms with van der Waals surface area (Å²) in [4.78, 5) is 0. The molecule has 0 aliphatic carbocycles. The van der Waals surface area contributed by atoms with Gasteiger partial charge < -0.3 is 14.9 Å². The van der Waals surface area contributed by atoms with Gasteiger partial charge in [-0.25, -0.2) is 0 Å². The monoisotopic (exact) mass is 476 g/mol. The van der Waals surface area contributed by atoms with Crippen molar-refractivity contribution in [2.24, 2.45) is 0 Å². The van der Waals surface area contributed by atoms with Gasteiger partial charge in [0.15, 0.2) is 11.5 Å². The predicted octanol–water partition coefficient (Wildman–Crippen LogP) is 9.82. The number of aromatic hydroxyl groups is 2. The molecule has 0 unspecified atom stereocenters. The Balaban J connectivity index is 2.99. The number of phenols is 2. The summed E-state index contributed by atoms with van der Waals surface area (Å²) in [5, 5.41) is 22.0. The summed E-state index contributed by atoms with van der Waals surface area (Å²) in [5.74, 6) is 0.631. The van der Waals surface area contributed by atoms with Crippen LogP contribution in [0.4, 0.5) is 0 Å². The first kappa shape index (κ1) is 30.7. The standard InChI is InChI=1S/C31H56O3/c1-5-9-13-14-15-16-17-21-25-34-31-28(24-20-12-8-4)26(22-18-10-6-2)27(23-19-11-7-3)29(32)30(31)33/h32-33H,5-25H2,1-4H3. The Kier molecular flexibility index (Phi) is 17.9. The molecule has 3 nitrogen and oxygen atoms in total. The molecule has 0 aliphatic rings. The molecule has 3 heteroatoms. The smallest absolute Gasteiger partial charge is 0.201 e. The predicted molar refractivity (Wildman–Crippen MR) is 148 cm³/mol. The molecule has 2 N–H and O–H groups in total. The molecule has 0 aromatic heterocycles. The molecule has 1 rings (SSSR count). The van der Waals surface area contributed by atoms with Crippen LogP contribution in [0.3, 0.4) is 0 Å². The average Bonchev–Trinajstić information content (AvgIpc) is 2.84. The van der Waals surface area contributed by atoms with Gasteiger partial charge in [-0.2, -0.15) is 0 Å². The van der Waals surface area contributed by atoms with Crippen molar-refractivity contribution in [3.63, 3.8) is 0 Å². The quantitative estimate of drug-likeness (QED) is 0.129. The van der Waals surface area contributed by atoms with Crippen molar-refractivity contribution in [2.75, 3.05) is 6.61 Å². The van der Waals surface area contributed by atoms with Crippen molar-refractivity contribution in [3.8, 4) is 17.2 Å². The highest BCUT2D eigenvalue weighted by Crippen LogP contribution is 2.46. The fourth-order valence-corrected chi connectivity index (χ4v) is 4.91. The Hall–Kier alpha value is -1.38. The Morgan fingerprint density at radius 3 is 1.38 bits per heavy atom. The summed E-state index contributed by atoms with van der Waals surface area (Å²) in [7, 11) is 0. The van der Waals surface area contributed by atoms with E-state index in [1.54, 1.807) is 0 Å². The molecule has 0 fully saturated rings. The highest BCUT2D eigenvalue weighted by Gasteiger charge is 2.24. The third kappa shape index (κ3) is 11.4. The lowest BCUT2D eigenvalue weighted by Crippen LogP contribution is -2.08. The Labute approximate surface area is 211 Å². The number of hydrogen-bond donors (Lipinski definition) is 2. The third-order valence-electron chi connectivity index (χ3n) is 7.06. The van der Waals surface area contributed by atoms with Gasteiger partial charge in [0.2, 0.25) is 5.75 Å². The zero-order valence-corrected chi connectivity index (χ0v) is 23.2. The minimum Gasteiger partial charge on any atom is -0.504 e. The maximum Gasteiger partial charge on any atom is 0.201 e. The van der Waals surface area contributed by atoms with E-state index in [1.807, 2.05) is 0 Å². The molecular formula is C31H56O3. The van der Waals surface area contributed by atoms with E-state index in [0.717, 1.165) is 63.4 Å². The fourth-order valence-electron chi connectivity index (χ4n) is 4.91. The fraction of sp³-hybridized carbons (Fsp3) is 0.806. The van der Waals surface area contributed by atoms with Crippen LogP contribution in [0, 0.1) is 0 Å². The number of unbranched alkanes of at least 4 members (excludes halogenated alkanes) is 13. The first-order valence-electron chi connectivity index (χ1n) is 14.8. The van der Waals surface area contributed by atoms with Crippen LogP contribution in [0.1, 0.15) is 154 Å². The SMILES string of the molecule is CCCCCCCCCCOc1c(O)c(O)c(CCCCC)c(CCCCC)c1CCCCC. The van der Waals surface area contributed by atoms with Crippen LogP contribution in [-0.4, -0.2) is 16.8 Å². The van der Waals surface area contributed by atoms with Crippen LogP contribution in [-0.2, 0) is 19.3 Å². The topological polar surface area (TPSA) is 49.7 Å². The van der Waals surface area contributed by atoms with E-state index >= 15 is 0 Å². The molecule has 0 bridgehead atoms. The summed E-state index contributed by atoms with van der Waals surface area (Å²) >= 11 is 0. The molecule has 0 saturated heterocycles.